The Morgan fingerprint density at radius 2 is 2.05 bits per heavy atom. The first kappa shape index (κ1) is 15.9. The van der Waals surface area contributed by atoms with E-state index >= 15 is 0 Å². The van der Waals surface area contributed by atoms with Gasteiger partial charge >= 0.3 is 5.97 Å². The summed E-state index contributed by atoms with van der Waals surface area (Å²) in [7, 11) is 0. The van der Waals surface area contributed by atoms with E-state index in [9.17, 15) is 9.90 Å². The Labute approximate surface area is 120 Å². The van der Waals surface area contributed by atoms with E-state index in [-0.39, 0.29) is 30.6 Å². The van der Waals surface area contributed by atoms with E-state index in [1.807, 2.05) is 13.8 Å². The molecule has 0 aliphatic heterocycles. The smallest absolute Gasteiger partial charge is 0.339 e. The van der Waals surface area contributed by atoms with Crippen molar-refractivity contribution in [1.29, 1.82) is 0 Å². The number of hydrogen-bond acceptors (Lipinski definition) is 4. The Balaban J connectivity index is 2.61. The third-order valence-corrected chi connectivity index (χ3v) is 2.72. The van der Waals surface area contributed by atoms with Crippen LogP contribution in [-0.2, 0) is 4.74 Å². The summed E-state index contributed by atoms with van der Waals surface area (Å²) in [5.74, 6) is -0.860. The maximum absolute atomic E-state index is 11.0. The van der Waals surface area contributed by atoms with Crippen LogP contribution in [0.1, 0.15) is 24.2 Å². The van der Waals surface area contributed by atoms with Gasteiger partial charge in [-0.3, -0.25) is 0 Å². The lowest BCUT2D eigenvalue weighted by atomic mass is 10.2. The third-order valence-electron chi connectivity index (χ3n) is 2.23. The Bertz CT molecular complexity index is 433. The van der Waals surface area contributed by atoms with Crippen molar-refractivity contribution in [2.45, 2.75) is 26.1 Å². The quantitative estimate of drug-likeness (QED) is 0.801. The fourth-order valence-electron chi connectivity index (χ4n) is 1.33. The van der Waals surface area contributed by atoms with E-state index < -0.39 is 12.1 Å². The highest BCUT2D eigenvalue weighted by atomic mass is 79.9. The van der Waals surface area contributed by atoms with Gasteiger partial charge in [0.15, 0.2) is 0 Å². The summed E-state index contributed by atoms with van der Waals surface area (Å²) in [6.07, 6.45) is -0.780. The van der Waals surface area contributed by atoms with Crippen molar-refractivity contribution in [1.82, 2.24) is 0 Å². The predicted octanol–water partition coefficient (Wildman–Crippen LogP) is 2.31. The molecule has 19 heavy (non-hydrogen) atoms. The van der Waals surface area contributed by atoms with Crippen LogP contribution in [0, 0.1) is 0 Å². The Morgan fingerprint density at radius 1 is 1.37 bits per heavy atom. The molecule has 0 radical (unpaired) electrons. The number of carboxylic acids is 1. The van der Waals surface area contributed by atoms with Gasteiger partial charge in [-0.25, -0.2) is 4.79 Å². The number of aliphatic hydroxyl groups excluding tert-OH is 1. The topological polar surface area (TPSA) is 76.0 Å². The summed E-state index contributed by atoms with van der Waals surface area (Å²) in [5, 5.41) is 18.7. The zero-order valence-corrected chi connectivity index (χ0v) is 12.4. The van der Waals surface area contributed by atoms with Gasteiger partial charge in [0.1, 0.15) is 24.0 Å². The number of rotatable bonds is 7. The van der Waals surface area contributed by atoms with Crippen molar-refractivity contribution in [3.8, 4) is 5.75 Å². The molecule has 1 aromatic rings. The van der Waals surface area contributed by atoms with Gasteiger partial charge in [0.05, 0.1) is 12.7 Å². The SMILES string of the molecule is CC(C)OCC(O)COc1cc(Br)ccc1C(=O)O. The molecule has 0 bridgehead atoms. The second-order valence-electron chi connectivity index (χ2n) is 4.29. The fourth-order valence-corrected chi connectivity index (χ4v) is 1.67. The normalized spacial score (nSPS) is 12.5. The van der Waals surface area contributed by atoms with Crippen molar-refractivity contribution >= 4 is 21.9 Å². The monoisotopic (exact) mass is 332 g/mol. The van der Waals surface area contributed by atoms with Gasteiger partial charge in [0, 0.05) is 4.47 Å². The molecule has 1 rings (SSSR count). The third kappa shape index (κ3) is 5.59. The Morgan fingerprint density at radius 3 is 2.63 bits per heavy atom. The first-order valence-electron chi connectivity index (χ1n) is 5.85. The molecule has 1 atom stereocenters. The first-order valence-corrected chi connectivity index (χ1v) is 6.64. The van der Waals surface area contributed by atoms with Gasteiger partial charge in [0.25, 0.3) is 0 Å². The molecule has 106 valence electrons. The van der Waals surface area contributed by atoms with Crippen LogP contribution in [0.15, 0.2) is 22.7 Å². The maximum atomic E-state index is 11.0. The molecule has 0 spiro atoms. The molecule has 5 nitrogen and oxygen atoms in total. The molecule has 0 aliphatic carbocycles. The van der Waals surface area contributed by atoms with Gasteiger partial charge < -0.3 is 19.7 Å². The summed E-state index contributed by atoms with van der Waals surface area (Å²) in [5.41, 5.74) is 0.0557. The maximum Gasteiger partial charge on any atom is 0.339 e. The number of aromatic carboxylic acids is 1. The van der Waals surface area contributed by atoms with Crippen LogP contribution < -0.4 is 4.74 Å². The van der Waals surface area contributed by atoms with Crippen molar-refractivity contribution in [3.63, 3.8) is 0 Å². The highest BCUT2D eigenvalue weighted by molar-refractivity contribution is 9.10. The molecule has 0 heterocycles. The molecule has 0 aromatic heterocycles. The minimum atomic E-state index is -1.07. The van der Waals surface area contributed by atoms with Crippen molar-refractivity contribution in [2.75, 3.05) is 13.2 Å². The van der Waals surface area contributed by atoms with E-state index in [0.717, 1.165) is 0 Å². The number of aliphatic hydroxyl groups is 1. The van der Waals surface area contributed by atoms with Gasteiger partial charge in [-0.2, -0.15) is 0 Å². The molecule has 0 amide bonds. The molecule has 0 saturated carbocycles. The summed E-state index contributed by atoms with van der Waals surface area (Å²) in [6, 6.07) is 4.62. The van der Waals surface area contributed by atoms with Gasteiger partial charge in [0.2, 0.25) is 0 Å². The fraction of sp³-hybridized carbons (Fsp3) is 0.462. The predicted molar refractivity (Wildman–Crippen MR) is 73.7 cm³/mol. The molecular weight excluding hydrogens is 316 g/mol. The van der Waals surface area contributed by atoms with Crippen LogP contribution >= 0.6 is 15.9 Å². The van der Waals surface area contributed by atoms with E-state index in [1.54, 1.807) is 12.1 Å². The summed E-state index contributed by atoms with van der Waals surface area (Å²) in [6.45, 7) is 3.85. The van der Waals surface area contributed by atoms with Crippen LogP contribution in [-0.4, -0.2) is 41.6 Å². The van der Waals surface area contributed by atoms with E-state index in [2.05, 4.69) is 15.9 Å². The van der Waals surface area contributed by atoms with Crippen LogP contribution in [0.5, 0.6) is 5.75 Å². The summed E-state index contributed by atoms with van der Waals surface area (Å²) in [4.78, 5) is 11.0. The summed E-state index contributed by atoms with van der Waals surface area (Å²) >= 11 is 3.24. The standard InChI is InChI=1S/C13H17BrO5/c1-8(2)18-6-10(15)7-19-12-5-9(14)3-4-11(12)13(16)17/h3-5,8,10,15H,6-7H2,1-2H3,(H,16,17). The lowest BCUT2D eigenvalue weighted by Gasteiger charge is -2.15. The average Bonchev–Trinajstić information content (AvgIpc) is 2.33. The second-order valence-corrected chi connectivity index (χ2v) is 5.21. The highest BCUT2D eigenvalue weighted by Crippen LogP contribution is 2.24. The summed E-state index contributed by atoms with van der Waals surface area (Å²) < 4.78 is 11.3. The number of halogens is 1. The lowest BCUT2D eigenvalue weighted by molar-refractivity contribution is -0.0124. The molecular formula is C13H17BrO5. The molecule has 1 unspecified atom stereocenters. The average molecular weight is 333 g/mol. The van der Waals surface area contributed by atoms with Crippen LogP contribution in [0.3, 0.4) is 0 Å². The Kier molecular flexibility index (Phi) is 6.27. The molecule has 6 heteroatoms. The molecule has 1 aromatic carbocycles. The number of benzene rings is 1. The van der Waals surface area contributed by atoms with Gasteiger partial charge in [-0.15, -0.1) is 0 Å². The minimum absolute atomic E-state index is 0.0232. The molecule has 0 saturated heterocycles. The van der Waals surface area contributed by atoms with Crippen molar-refractivity contribution < 1.29 is 24.5 Å². The Hall–Kier alpha value is -1.11. The molecule has 2 N–H and O–H groups in total. The van der Waals surface area contributed by atoms with Gasteiger partial charge in [-0.1, -0.05) is 15.9 Å². The van der Waals surface area contributed by atoms with Crippen molar-refractivity contribution in [3.05, 3.63) is 28.2 Å². The first-order chi connectivity index (χ1) is 8.90. The minimum Gasteiger partial charge on any atom is -0.490 e. The van der Waals surface area contributed by atoms with Gasteiger partial charge in [-0.05, 0) is 32.0 Å². The lowest BCUT2D eigenvalue weighted by Crippen LogP contribution is -2.25. The number of carboxylic acid groups (broad SMARTS) is 1. The largest absolute Gasteiger partial charge is 0.490 e. The zero-order chi connectivity index (χ0) is 14.4. The second kappa shape index (κ2) is 7.47. The van der Waals surface area contributed by atoms with E-state index in [1.165, 1.54) is 6.07 Å². The molecule has 0 fully saturated rings. The van der Waals surface area contributed by atoms with Crippen LogP contribution in [0.4, 0.5) is 0 Å². The zero-order valence-electron chi connectivity index (χ0n) is 10.8. The highest BCUT2D eigenvalue weighted by Gasteiger charge is 2.14. The van der Waals surface area contributed by atoms with Crippen LogP contribution in [0.25, 0.3) is 0 Å². The molecule has 0 aliphatic rings. The van der Waals surface area contributed by atoms with Crippen LogP contribution in [0.2, 0.25) is 0 Å². The number of carbonyl (C=O) groups is 1. The number of ether oxygens (including phenoxy) is 2. The van der Waals surface area contributed by atoms with Crippen molar-refractivity contribution in [2.24, 2.45) is 0 Å². The van der Waals surface area contributed by atoms with E-state index in [0.29, 0.717) is 4.47 Å². The van der Waals surface area contributed by atoms with E-state index in [4.69, 9.17) is 14.6 Å². The number of hydrogen-bond donors (Lipinski definition) is 2.